The van der Waals surface area contributed by atoms with Crippen molar-refractivity contribution in [1.29, 1.82) is 0 Å². The zero-order valence-electron chi connectivity index (χ0n) is 10.6. The lowest BCUT2D eigenvalue weighted by Crippen LogP contribution is -2.33. The normalized spacial score (nSPS) is 25.1. The number of aliphatic hydroxyl groups excluding tert-OH is 2. The lowest BCUT2D eigenvalue weighted by Gasteiger charge is -2.35. The Morgan fingerprint density at radius 3 is 2.50 bits per heavy atom. The highest BCUT2D eigenvalue weighted by molar-refractivity contribution is 8.43. The molecule has 1 aromatic carbocycles. The maximum absolute atomic E-state index is 9.07. The summed E-state index contributed by atoms with van der Waals surface area (Å²) in [5.41, 5.74) is 3.11. The lowest BCUT2D eigenvalue weighted by atomic mass is 10.3. The van der Waals surface area contributed by atoms with Crippen LogP contribution in [0.5, 0.6) is 0 Å². The summed E-state index contributed by atoms with van der Waals surface area (Å²) in [5.74, 6) is 0.842. The van der Waals surface area contributed by atoms with Gasteiger partial charge in [-0.1, -0.05) is 12.1 Å². The zero-order chi connectivity index (χ0) is 13.0. The van der Waals surface area contributed by atoms with Crippen LogP contribution in [0.25, 0.3) is 0 Å². The molecule has 0 saturated carbocycles. The molecule has 0 aromatic heterocycles. The SMILES string of the molecule is CS1(CN(CCO)CCO)C=Nc2ccccc21. The second-order valence-electron chi connectivity index (χ2n) is 4.55. The fourth-order valence-electron chi connectivity index (χ4n) is 2.19. The van der Waals surface area contributed by atoms with Gasteiger partial charge in [-0.15, -0.1) is 0 Å². The van der Waals surface area contributed by atoms with Gasteiger partial charge in [0.25, 0.3) is 0 Å². The molecule has 1 atom stereocenters. The number of nitrogens with zero attached hydrogens (tertiary/aromatic N) is 2. The number of fused-ring (bicyclic) bond motifs is 1. The number of para-hydroxylation sites is 1. The summed E-state index contributed by atoms with van der Waals surface area (Å²) in [6, 6.07) is 8.21. The molecule has 0 amide bonds. The molecule has 100 valence electrons. The molecule has 0 fully saturated rings. The van der Waals surface area contributed by atoms with Crippen molar-refractivity contribution in [3.8, 4) is 0 Å². The topological polar surface area (TPSA) is 56.1 Å². The maximum atomic E-state index is 9.07. The first-order chi connectivity index (χ1) is 8.69. The van der Waals surface area contributed by atoms with E-state index >= 15 is 0 Å². The molecule has 18 heavy (non-hydrogen) atoms. The van der Waals surface area contributed by atoms with Gasteiger partial charge in [-0.3, -0.25) is 9.89 Å². The van der Waals surface area contributed by atoms with E-state index in [0.29, 0.717) is 13.1 Å². The van der Waals surface area contributed by atoms with Gasteiger partial charge >= 0.3 is 0 Å². The van der Waals surface area contributed by atoms with Gasteiger partial charge in [0, 0.05) is 29.4 Å². The first-order valence-electron chi connectivity index (χ1n) is 6.03. The van der Waals surface area contributed by atoms with Crippen molar-refractivity contribution in [2.75, 3.05) is 38.4 Å². The highest BCUT2D eigenvalue weighted by Gasteiger charge is 2.28. The fourth-order valence-corrected chi connectivity index (χ4v) is 4.86. The number of rotatable bonds is 6. The molecule has 2 N–H and O–H groups in total. The fraction of sp³-hybridized carbons (Fsp3) is 0.462. The molecule has 5 heteroatoms. The molecule has 0 saturated heterocycles. The van der Waals surface area contributed by atoms with Crippen molar-refractivity contribution >= 4 is 21.3 Å². The second-order valence-corrected chi connectivity index (χ2v) is 7.78. The average Bonchev–Trinajstić information content (AvgIpc) is 2.69. The van der Waals surface area contributed by atoms with E-state index in [1.807, 2.05) is 18.2 Å². The van der Waals surface area contributed by atoms with Crippen LogP contribution in [0, 0.1) is 0 Å². The third-order valence-corrected chi connectivity index (χ3v) is 5.90. The van der Waals surface area contributed by atoms with Crippen molar-refractivity contribution < 1.29 is 10.2 Å². The van der Waals surface area contributed by atoms with Gasteiger partial charge in [-0.05, 0) is 18.4 Å². The van der Waals surface area contributed by atoms with E-state index in [1.165, 1.54) is 4.90 Å². The van der Waals surface area contributed by atoms with Crippen LogP contribution in [0.2, 0.25) is 0 Å². The minimum atomic E-state index is -1.09. The summed E-state index contributed by atoms with van der Waals surface area (Å²) < 4.78 is 0. The van der Waals surface area contributed by atoms with Crippen molar-refractivity contribution in [3.05, 3.63) is 24.3 Å². The first kappa shape index (κ1) is 13.5. The zero-order valence-corrected chi connectivity index (χ0v) is 11.4. The Morgan fingerprint density at radius 2 is 1.83 bits per heavy atom. The summed E-state index contributed by atoms with van der Waals surface area (Å²) in [5, 5.41) is 18.1. The van der Waals surface area contributed by atoms with Crippen LogP contribution in [-0.2, 0) is 0 Å². The number of aliphatic imine (C=N–C) groups is 1. The number of hydrogen-bond donors (Lipinski definition) is 2. The quantitative estimate of drug-likeness (QED) is 0.820. The van der Waals surface area contributed by atoms with Crippen LogP contribution in [0.1, 0.15) is 0 Å². The van der Waals surface area contributed by atoms with Crippen LogP contribution < -0.4 is 0 Å². The predicted octanol–water partition coefficient (Wildman–Crippen LogP) is 1.40. The average molecular weight is 268 g/mol. The summed E-state index contributed by atoms with van der Waals surface area (Å²) in [7, 11) is -1.09. The summed E-state index contributed by atoms with van der Waals surface area (Å²) >= 11 is 0. The van der Waals surface area contributed by atoms with Gasteiger partial charge in [0.05, 0.1) is 18.9 Å². The van der Waals surface area contributed by atoms with Crippen molar-refractivity contribution in [2.24, 2.45) is 4.99 Å². The minimum absolute atomic E-state index is 0.119. The Balaban J connectivity index is 2.15. The van der Waals surface area contributed by atoms with E-state index in [1.54, 1.807) is 0 Å². The van der Waals surface area contributed by atoms with Crippen LogP contribution in [0.4, 0.5) is 5.69 Å². The Bertz CT molecular complexity index is 433. The Morgan fingerprint density at radius 1 is 1.17 bits per heavy atom. The highest BCUT2D eigenvalue weighted by Crippen LogP contribution is 2.58. The Labute approximate surface area is 109 Å². The van der Waals surface area contributed by atoms with Crippen molar-refractivity contribution in [1.82, 2.24) is 4.90 Å². The molecular formula is C13H20N2O2S. The molecule has 0 radical (unpaired) electrons. The van der Waals surface area contributed by atoms with Crippen LogP contribution >= 0.6 is 10.0 Å². The third kappa shape index (κ3) is 2.75. The molecule has 2 rings (SSSR count). The van der Waals surface area contributed by atoms with Gasteiger partial charge in [0.2, 0.25) is 0 Å². The molecule has 1 aliphatic heterocycles. The summed E-state index contributed by atoms with van der Waals surface area (Å²) in [6.45, 7) is 1.43. The minimum Gasteiger partial charge on any atom is -0.395 e. The highest BCUT2D eigenvalue weighted by atomic mass is 32.3. The van der Waals surface area contributed by atoms with Gasteiger partial charge in [-0.25, -0.2) is 0 Å². The van der Waals surface area contributed by atoms with Crippen molar-refractivity contribution in [3.63, 3.8) is 0 Å². The van der Waals surface area contributed by atoms with Crippen molar-refractivity contribution in [2.45, 2.75) is 4.90 Å². The number of hydrogen-bond acceptors (Lipinski definition) is 4. The van der Waals surface area contributed by atoms with Crippen LogP contribution in [0.15, 0.2) is 34.2 Å². The summed E-state index contributed by atoms with van der Waals surface area (Å²) in [4.78, 5) is 7.88. The second kappa shape index (κ2) is 5.84. The van der Waals surface area contributed by atoms with E-state index < -0.39 is 10.0 Å². The Hall–Kier alpha value is -0.880. The smallest absolute Gasteiger partial charge is 0.0760 e. The molecule has 1 unspecified atom stereocenters. The van der Waals surface area contributed by atoms with Gasteiger partial charge < -0.3 is 10.2 Å². The van der Waals surface area contributed by atoms with Crippen LogP contribution in [-0.4, -0.2) is 59.1 Å². The van der Waals surface area contributed by atoms with Gasteiger partial charge in [0.15, 0.2) is 0 Å². The monoisotopic (exact) mass is 268 g/mol. The van der Waals surface area contributed by atoms with E-state index in [4.69, 9.17) is 10.2 Å². The molecule has 0 spiro atoms. The van der Waals surface area contributed by atoms with E-state index in [0.717, 1.165) is 11.6 Å². The summed E-state index contributed by atoms with van der Waals surface area (Å²) in [6.07, 6.45) is 2.23. The Kier molecular flexibility index (Phi) is 4.40. The van der Waals surface area contributed by atoms with E-state index in [-0.39, 0.29) is 13.2 Å². The van der Waals surface area contributed by atoms with Crippen LogP contribution in [0.3, 0.4) is 0 Å². The predicted molar refractivity (Wildman–Crippen MR) is 77.0 cm³/mol. The molecular weight excluding hydrogens is 248 g/mol. The molecule has 1 heterocycles. The standard InChI is InChI=1S/C13H20N2O2S/c1-18(11-15(6-8-16)7-9-17)10-14-12-4-2-3-5-13(12)18/h2-5,10,16-17H,6-9,11H2,1H3. The van der Waals surface area contributed by atoms with Gasteiger partial charge in [0.1, 0.15) is 0 Å². The molecule has 0 aliphatic carbocycles. The number of aliphatic hydroxyl groups is 2. The number of benzene rings is 1. The lowest BCUT2D eigenvalue weighted by molar-refractivity contribution is 0.179. The molecule has 0 bridgehead atoms. The van der Waals surface area contributed by atoms with Gasteiger partial charge in [-0.2, -0.15) is 10.0 Å². The molecule has 1 aliphatic rings. The van der Waals surface area contributed by atoms with E-state index in [9.17, 15) is 0 Å². The first-order valence-corrected chi connectivity index (χ1v) is 8.30. The largest absolute Gasteiger partial charge is 0.395 e. The molecule has 4 nitrogen and oxygen atoms in total. The third-order valence-electron chi connectivity index (χ3n) is 3.08. The molecule has 1 aromatic rings. The maximum Gasteiger partial charge on any atom is 0.0760 e. The van der Waals surface area contributed by atoms with E-state index in [2.05, 4.69) is 27.8 Å².